The highest BCUT2D eigenvalue weighted by molar-refractivity contribution is 7.15. The predicted octanol–water partition coefficient (Wildman–Crippen LogP) is 5.84. The highest BCUT2D eigenvalue weighted by atomic mass is 35.5. The summed E-state index contributed by atoms with van der Waals surface area (Å²) in [6.45, 7) is 1.78. The molecule has 2 aromatic heterocycles. The highest BCUT2D eigenvalue weighted by Crippen LogP contribution is 2.26. The third-order valence-electron chi connectivity index (χ3n) is 4.32. The molecular formula is C20H14Cl3N5OS. The first-order chi connectivity index (χ1) is 14.4. The van der Waals surface area contributed by atoms with Crippen LogP contribution in [-0.4, -0.2) is 25.9 Å². The van der Waals surface area contributed by atoms with Crippen molar-refractivity contribution < 1.29 is 4.79 Å². The SMILES string of the molecule is Cc1c(C(=O)Nc2ncc(Cc3ccc(Cl)c(Cl)c3)s2)nnn1-c1ccc(Cl)cc1. The maximum Gasteiger partial charge on any atom is 0.279 e. The van der Waals surface area contributed by atoms with Gasteiger partial charge in [0.05, 0.1) is 21.4 Å². The Balaban J connectivity index is 1.47. The molecule has 0 saturated carbocycles. The number of hydrogen-bond acceptors (Lipinski definition) is 5. The van der Waals surface area contributed by atoms with Crippen LogP contribution in [-0.2, 0) is 6.42 Å². The van der Waals surface area contributed by atoms with Crippen LogP contribution in [0.3, 0.4) is 0 Å². The molecule has 0 unspecified atom stereocenters. The van der Waals surface area contributed by atoms with Gasteiger partial charge in [0.15, 0.2) is 10.8 Å². The summed E-state index contributed by atoms with van der Waals surface area (Å²) in [7, 11) is 0. The fourth-order valence-electron chi connectivity index (χ4n) is 2.82. The zero-order valence-corrected chi connectivity index (χ0v) is 18.6. The van der Waals surface area contributed by atoms with E-state index in [1.807, 2.05) is 24.3 Å². The van der Waals surface area contributed by atoms with Gasteiger partial charge in [0.1, 0.15) is 0 Å². The Morgan fingerprint density at radius 2 is 1.87 bits per heavy atom. The molecule has 152 valence electrons. The van der Waals surface area contributed by atoms with E-state index in [9.17, 15) is 4.79 Å². The topological polar surface area (TPSA) is 72.7 Å². The summed E-state index contributed by atoms with van der Waals surface area (Å²) in [5.74, 6) is -0.372. The van der Waals surface area contributed by atoms with Gasteiger partial charge in [-0.15, -0.1) is 16.4 Å². The molecule has 4 rings (SSSR count). The summed E-state index contributed by atoms with van der Waals surface area (Å²) in [5, 5.41) is 13.0. The molecule has 1 N–H and O–H groups in total. The number of carbonyl (C=O) groups is 1. The van der Waals surface area contributed by atoms with E-state index in [0.717, 1.165) is 16.1 Å². The molecule has 2 heterocycles. The van der Waals surface area contributed by atoms with E-state index in [4.69, 9.17) is 34.8 Å². The van der Waals surface area contributed by atoms with Gasteiger partial charge in [-0.2, -0.15) is 0 Å². The molecule has 0 aliphatic rings. The number of amides is 1. The molecule has 10 heteroatoms. The Hall–Kier alpha value is -2.45. The number of hydrogen-bond donors (Lipinski definition) is 1. The lowest BCUT2D eigenvalue weighted by molar-refractivity contribution is 0.102. The largest absolute Gasteiger partial charge is 0.296 e. The fourth-order valence-corrected chi connectivity index (χ4v) is 4.11. The molecule has 30 heavy (non-hydrogen) atoms. The Bertz CT molecular complexity index is 1220. The zero-order chi connectivity index (χ0) is 21.3. The van der Waals surface area contributed by atoms with Crippen molar-refractivity contribution in [2.24, 2.45) is 0 Å². The highest BCUT2D eigenvalue weighted by Gasteiger charge is 2.19. The maximum atomic E-state index is 12.7. The van der Waals surface area contributed by atoms with Crippen LogP contribution in [0.1, 0.15) is 26.6 Å². The Morgan fingerprint density at radius 3 is 2.60 bits per heavy atom. The van der Waals surface area contributed by atoms with Gasteiger partial charge < -0.3 is 0 Å². The minimum absolute atomic E-state index is 0.228. The second kappa shape index (κ2) is 8.73. The van der Waals surface area contributed by atoms with Crippen LogP contribution in [0.4, 0.5) is 5.13 Å². The summed E-state index contributed by atoms with van der Waals surface area (Å²) >= 11 is 19.3. The Morgan fingerprint density at radius 1 is 1.10 bits per heavy atom. The van der Waals surface area contributed by atoms with Crippen molar-refractivity contribution >= 4 is 57.2 Å². The van der Waals surface area contributed by atoms with Crippen molar-refractivity contribution in [3.05, 3.63) is 85.6 Å². The standard InChI is InChI=1S/C20H14Cl3N5OS/c1-11-18(26-27-28(11)14-5-3-13(21)4-6-14)19(29)25-20-24-10-15(30-20)8-12-2-7-16(22)17(23)9-12/h2-7,9-10H,8H2,1H3,(H,24,25,29). The van der Waals surface area contributed by atoms with Crippen LogP contribution in [0.2, 0.25) is 15.1 Å². The molecule has 0 aliphatic heterocycles. The van der Waals surface area contributed by atoms with Gasteiger partial charge in [-0.05, 0) is 48.9 Å². The molecule has 0 radical (unpaired) electrons. The molecule has 1 amide bonds. The second-order valence-electron chi connectivity index (χ2n) is 6.42. The van der Waals surface area contributed by atoms with Crippen LogP contribution >= 0.6 is 46.1 Å². The summed E-state index contributed by atoms with van der Waals surface area (Å²) < 4.78 is 1.59. The van der Waals surface area contributed by atoms with Crippen LogP contribution in [0, 0.1) is 6.92 Å². The predicted molar refractivity (Wildman–Crippen MR) is 120 cm³/mol. The van der Waals surface area contributed by atoms with Gasteiger partial charge >= 0.3 is 0 Å². The molecule has 2 aromatic carbocycles. The third kappa shape index (κ3) is 4.49. The Kier molecular flexibility index (Phi) is 6.06. The first kappa shape index (κ1) is 20.8. The van der Waals surface area contributed by atoms with Crippen LogP contribution in [0.15, 0.2) is 48.7 Å². The van der Waals surface area contributed by atoms with Crippen LogP contribution < -0.4 is 5.32 Å². The maximum absolute atomic E-state index is 12.7. The molecular weight excluding hydrogens is 465 g/mol. The van der Waals surface area contributed by atoms with E-state index >= 15 is 0 Å². The smallest absolute Gasteiger partial charge is 0.279 e. The lowest BCUT2D eigenvalue weighted by atomic mass is 10.1. The monoisotopic (exact) mass is 477 g/mol. The number of benzene rings is 2. The minimum Gasteiger partial charge on any atom is -0.296 e. The summed E-state index contributed by atoms with van der Waals surface area (Å²) in [4.78, 5) is 17.9. The molecule has 4 aromatic rings. The minimum atomic E-state index is -0.372. The number of nitrogens with one attached hydrogen (secondary N) is 1. The van der Waals surface area contributed by atoms with Crippen molar-refractivity contribution in [3.63, 3.8) is 0 Å². The van der Waals surface area contributed by atoms with Gasteiger partial charge in [-0.3, -0.25) is 10.1 Å². The number of halogens is 3. The van der Waals surface area contributed by atoms with E-state index in [1.165, 1.54) is 11.3 Å². The van der Waals surface area contributed by atoms with Crippen molar-refractivity contribution in [2.45, 2.75) is 13.3 Å². The number of nitrogens with zero attached hydrogens (tertiary/aromatic N) is 4. The van der Waals surface area contributed by atoms with Crippen molar-refractivity contribution in [1.82, 2.24) is 20.0 Å². The zero-order valence-electron chi connectivity index (χ0n) is 15.6. The average Bonchev–Trinajstić information content (AvgIpc) is 3.32. The van der Waals surface area contributed by atoms with Gasteiger partial charge in [-0.1, -0.05) is 46.1 Å². The van der Waals surface area contributed by atoms with Gasteiger partial charge in [0, 0.05) is 22.5 Å². The molecule has 0 bridgehead atoms. The summed E-state index contributed by atoms with van der Waals surface area (Å²) in [5.41, 5.74) is 2.61. The normalized spacial score (nSPS) is 10.9. The first-order valence-corrected chi connectivity index (χ1v) is 10.7. The molecule has 0 atom stereocenters. The molecule has 0 fully saturated rings. The van der Waals surface area contributed by atoms with Gasteiger partial charge in [-0.25, -0.2) is 9.67 Å². The number of aromatic nitrogens is 4. The van der Waals surface area contributed by atoms with Crippen LogP contribution in [0.25, 0.3) is 5.69 Å². The number of rotatable bonds is 5. The van der Waals surface area contributed by atoms with Crippen molar-refractivity contribution in [2.75, 3.05) is 5.32 Å². The van der Waals surface area contributed by atoms with Gasteiger partial charge in [0.25, 0.3) is 5.91 Å². The quantitative estimate of drug-likeness (QED) is 0.391. The lowest BCUT2D eigenvalue weighted by Crippen LogP contribution is -2.14. The molecule has 6 nitrogen and oxygen atoms in total. The van der Waals surface area contributed by atoms with Crippen molar-refractivity contribution in [1.29, 1.82) is 0 Å². The van der Waals surface area contributed by atoms with E-state index in [-0.39, 0.29) is 11.6 Å². The van der Waals surface area contributed by atoms with Gasteiger partial charge in [0.2, 0.25) is 0 Å². The van der Waals surface area contributed by atoms with E-state index in [1.54, 1.807) is 36.0 Å². The second-order valence-corrected chi connectivity index (χ2v) is 8.79. The number of thiazole rings is 1. The van der Waals surface area contributed by atoms with E-state index in [2.05, 4.69) is 20.6 Å². The summed E-state index contributed by atoms with van der Waals surface area (Å²) in [6, 6.07) is 12.6. The average molecular weight is 479 g/mol. The van der Waals surface area contributed by atoms with Crippen LogP contribution in [0.5, 0.6) is 0 Å². The molecule has 0 spiro atoms. The van der Waals surface area contributed by atoms with Crippen molar-refractivity contribution in [3.8, 4) is 5.69 Å². The lowest BCUT2D eigenvalue weighted by Gasteiger charge is -2.04. The fraction of sp³-hybridized carbons (Fsp3) is 0.100. The first-order valence-electron chi connectivity index (χ1n) is 8.79. The third-order valence-corrected chi connectivity index (χ3v) is 6.22. The molecule has 0 saturated heterocycles. The number of anilines is 1. The summed E-state index contributed by atoms with van der Waals surface area (Å²) in [6.07, 6.45) is 2.36. The van der Waals surface area contributed by atoms with E-state index < -0.39 is 0 Å². The molecule has 0 aliphatic carbocycles. The van der Waals surface area contributed by atoms with E-state index in [0.29, 0.717) is 32.3 Å². The Labute approximate surface area is 191 Å². The number of carbonyl (C=O) groups excluding carboxylic acids is 1.